The molecule has 0 aromatic heterocycles. The van der Waals surface area contributed by atoms with Crippen molar-refractivity contribution in [2.45, 2.75) is 0 Å². The predicted molar refractivity (Wildman–Crippen MR) is 43.2 cm³/mol. The Balaban J connectivity index is 3.34. The van der Waals surface area contributed by atoms with E-state index in [-0.39, 0.29) is 11.3 Å². The van der Waals surface area contributed by atoms with Crippen molar-refractivity contribution in [1.29, 1.82) is 5.39 Å². The van der Waals surface area contributed by atoms with Crippen LogP contribution in [0.15, 0.2) is 18.2 Å². The first-order valence-corrected chi connectivity index (χ1v) is 3.41. The van der Waals surface area contributed by atoms with Crippen molar-refractivity contribution < 1.29 is 9.90 Å². The molecule has 1 aromatic rings. The number of carbonyl (C=O) groups is 1. The Morgan fingerprint density at radius 1 is 1.58 bits per heavy atom. The van der Waals surface area contributed by atoms with Crippen molar-refractivity contribution >= 4 is 23.3 Å². The van der Waals surface area contributed by atoms with Gasteiger partial charge in [0.25, 0.3) is 0 Å². The van der Waals surface area contributed by atoms with Gasteiger partial charge in [0, 0.05) is 11.1 Å². The largest absolute Gasteiger partial charge is 0.477 e. The number of benzene rings is 1. The van der Waals surface area contributed by atoms with Crippen LogP contribution in [0.1, 0.15) is 10.4 Å². The summed E-state index contributed by atoms with van der Waals surface area (Å²) >= 11 is 5.53. The molecule has 0 saturated carbocycles. The van der Waals surface area contributed by atoms with Crippen LogP contribution < -0.4 is 0 Å². The molecule has 0 spiro atoms. The highest BCUT2D eigenvalue weighted by atomic mass is 35.5. The van der Waals surface area contributed by atoms with Crippen molar-refractivity contribution in [1.82, 2.24) is 0 Å². The summed E-state index contributed by atoms with van der Waals surface area (Å²) in [5, 5.41) is 17.3. The number of halogens is 1. The van der Waals surface area contributed by atoms with E-state index >= 15 is 0 Å². The van der Waals surface area contributed by atoms with Crippen LogP contribution in [0.25, 0.3) is 4.98 Å². The summed E-state index contributed by atoms with van der Waals surface area (Å²) in [6, 6.07) is 3.99. The number of nitrogens with zero attached hydrogens (tertiary/aromatic N) is 2. The van der Waals surface area contributed by atoms with Gasteiger partial charge >= 0.3 is 11.7 Å². The third-order valence-electron chi connectivity index (χ3n) is 1.30. The summed E-state index contributed by atoms with van der Waals surface area (Å²) in [7, 11) is 0. The molecule has 0 atom stereocenters. The molecule has 12 heavy (non-hydrogen) atoms. The van der Waals surface area contributed by atoms with E-state index in [9.17, 15) is 4.79 Å². The number of hydrogen-bond acceptors (Lipinski definition) is 2. The highest BCUT2D eigenvalue weighted by Crippen LogP contribution is 2.22. The van der Waals surface area contributed by atoms with Gasteiger partial charge in [-0.25, -0.2) is 4.79 Å². The Kier molecular flexibility index (Phi) is 2.26. The minimum absolute atomic E-state index is 0.00750. The lowest BCUT2D eigenvalue weighted by atomic mass is 10.2. The van der Waals surface area contributed by atoms with Gasteiger partial charge in [-0.15, -0.1) is 0 Å². The SMILES string of the molecule is N#[N+]c1ccc(Cl)cc1C(=O)O. The summed E-state index contributed by atoms with van der Waals surface area (Å²) in [6.07, 6.45) is 0. The van der Waals surface area contributed by atoms with E-state index in [1.54, 1.807) is 0 Å². The van der Waals surface area contributed by atoms with Crippen LogP contribution in [0.4, 0.5) is 5.69 Å². The molecular weight excluding hydrogens is 180 g/mol. The Bertz CT molecular complexity index is 370. The number of aromatic carboxylic acids is 1. The molecule has 5 heteroatoms. The summed E-state index contributed by atoms with van der Waals surface area (Å²) in [5.74, 6) is -1.18. The zero-order valence-corrected chi connectivity index (χ0v) is 6.62. The highest BCUT2D eigenvalue weighted by molar-refractivity contribution is 6.31. The molecule has 1 rings (SSSR count). The number of diazo groups is 1. The van der Waals surface area contributed by atoms with Crippen LogP contribution in [0.3, 0.4) is 0 Å². The third-order valence-corrected chi connectivity index (χ3v) is 1.53. The Morgan fingerprint density at radius 2 is 2.25 bits per heavy atom. The second-order valence-corrected chi connectivity index (χ2v) is 2.50. The molecule has 4 nitrogen and oxygen atoms in total. The number of hydrogen-bond donors (Lipinski definition) is 1. The Hall–Kier alpha value is -1.60. The zero-order chi connectivity index (χ0) is 9.14. The lowest BCUT2D eigenvalue weighted by Crippen LogP contribution is -1.95. The summed E-state index contributed by atoms with van der Waals surface area (Å²) in [4.78, 5) is 13.3. The maximum atomic E-state index is 10.5. The molecule has 1 N–H and O–H groups in total. The maximum absolute atomic E-state index is 10.5. The minimum atomic E-state index is -1.18. The van der Waals surface area contributed by atoms with E-state index < -0.39 is 5.97 Å². The van der Waals surface area contributed by atoms with E-state index in [2.05, 4.69) is 4.98 Å². The molecule has 60 valence electrons. The smallest absolute Gasteiger partial charge is 0.399 e. The number of carboxylic acids is 1. The van der Waals surface area contributed by atoms with Crippen molar-refractivity contribution in [3.63, 3.8) is 0 Å². The van der Waals surface area contributed by atoms with E-state index in [0.717, 1.165) is 0 Å². The van der Waals surface area contributed by atoms with E-state index in [1.165, 1.54) is 18.2 Å². The first-order valence-electron chi connectivity index (χ1n) is 3.03. The van der Waals surface area contributed by atoms with Gasteiger partial charge in [0.1, 0.15) is 0 Å². The van der Waals surface area contributed by atoms with Crippen LogP contribution in [-0.2, 0) is 0 Å². The van der Waals surface area contributed by atoms with E-state index in [4.69, 9.17) is 22.1 Å². The summed E-state index contributed by atoms with van der Waals surface area (Å²) in [6.45, 7) is 0. The van der Waals surface area contributed by atoms with Gasteiger partial charge in [0.15, 0.2) is 10.5 Å². The third kappa shape index (κ3) is 1.52. The predicted octanol–water partition coefficient (Wildman–Crippen LogP) is 2.52. The van der Waals surface area contributed by atoms with Crippen LogP contribution >= 0.6 is 11.6 Å². The van der Waals surface area contributed by atoms with Gasteiger partial charge in [-0.05, 0) is 12.1 Å². The first kappa shape index (κ1) is 8.50. The van der Waals surface area contributed by atoms with Gasteiger partial charge < -0.3 is 5.11 Å². The second-order valence-electron chi connectivity index (χ2n) is 2.07. The minimum Gasteiger partial charge on any atom is -0.477 e. The van der Waals surface area contributed by atoms with E-state index in [0.29, 0.717) is 5.02 Å². The molecule has 0 radical (unpaired) electrons. The molecule has 0 saturated heterocycles. The van der Waals surface area contributed by atoms with Crippen LogP contribution in [0.2, 0.25) is 5.02 Å². The highest BCUT2D eigenvalue weighted by Gasteiger charge is 2.19. The topological polar surface area (TPSA) is 65.5 Å². The Labute approximate surface area is 73.0 Å². The van der Waals surface area contributed by atoms with Crippen LogP contribution in [-0.4, -0.2) is 11.1 Å². The van der Waals surface area contributed by atoms with Crippen LogP contribution in [0, 0.1) is 5.39 Å². The molecule has 0 unspecified atom stereocenters. The molecule has 0 bridgehead atoms. The molecule has 0 aliphatic carbocycles. The maximum Gasteiger partial charge on any atom is 0.399 e. The standard InChI is InChI=1S/C7H3ClN2O2/c8-4-1-2-6(10-9)5(3-4)7(11)12/h1-3H/p+1. The average molecular weight is 184 g/mol. The van der Waals surface area contributed by atoms with Crippen molar-refractivity contribution in [3.05, 3.63) is 33.8 Å². The fraction of sp³-hybridized carbons (Fsp3) is 0. The fourth-order valence-electron chi connectivity index (χ4n) is 0.767. The van der Waals surface area contributed by atoms with Gasteiger partial charge in [-0.3, -0.25) is 0 Å². The van der Waals surface area contributed by atoms with Crippen LogP contribution in [0.5, 0.6) is 0 Å². The molecule has 0 amide bonds. The number of carboxylic acid groups (broad SMARTS) is 1. The quantitative estimate of drug-likeness (QED) is 0.681. The first-order chi connectivity index (χ1) is 5.65. The lowest BCUT2D eigenvalue weighted by molar-refractivity contribution is 0.0698. The summed E-state index contributed by atoms with van der Waals surface area (Å²) < 4.78 is 0. The monoisotopic (exact) mass is 183 g/mol. The second kappa shape index (κ2) is 3.20. The average Bonchev–Trinajstić information content (AvgIpc) is 2.04. The van der Waals surface area contributed by atoms with Crippen molar-refractivity contribution in [2.24, 2.45) is 0 Å². The molecule has 0 fully saturated rings. The molecule has 0 aliphatic rings. The molecular formula is C7H4ClN2O2+. The molecule has 0 heterocycles. The number of rotatable bonds is 1. The van der Waals surface area contributed by atoms with Gasteiger partial charge in [-0.2, -0.15) is 0 Å². The van der Waals surface area contributed by atoms with Gasteiger partial charge in [0.2, 0.25) is 5.39 Å². The Morgan fingerprint density at radius 3 is 2.75 bits per heavy atom. The van der Waals surface area contributed by atoms with E-state index in [1.807, 2.05) is 0 Å². The van der Waals surface area contributed by atoms with Crippen molar-refractivity contribution in [2.75, 3.05) is 0 Å². The summed E-state index contributed by atoms with van der Waals surface area (Å²) in [5.41, 5.74) is -0.128. The zero-order valence-electron chi connectivity index (χ0n) is 5.86. The normalized spacial score (nSPS) is 9.00. The molecule has 1 aromatic carbocycles. The van der Waals surface area contributed by atoms with Gasteiger partial charge in [0.05, 0.1) is 0 Å². The lowest BCUT2D eigenvalue weighted by Gasteiger charge is -1.89. The molecule has 0 aliphatic heterocycles. The van der Waals surface area contributed by atoms with Gasteiger partial charge in [-0.1, -0.05) is 11.6 Å². The van der Waals surface area contributed by atoms with Crippen molar-refractivity contribution in [3.8, 4) is 0 Å². The fourth-order valence-corrected chi connectivity index (χ4v) is 0.939.